The van der Waals surface area contributed by atoms with Gasteiger partial charge in [0.2, 0.25) is 0 Å². The minimum absolute atomic E-state index is 0.160. The lowest BCUT2D eigenvalue weighted by atomic mass is 10.1. The first-order valence-electron chi connectivity index (χ1n) is 6.02. The van der Waals surface area contributed by atoms with Crippen LogP contribution >= 0.6 is 11.6 Å². The molecule has 0 amide bonds. The van der Waals surface area contributed by atoms with Gasteiger partial charge in [0.15, 0.2) is 11.6 Å². The Hall–Kier alpha value is -1.58. The molecule has 100 valence electrons. The molecule has 0 bridgehead atoms. The quantitative estimate of drug-likeness (QED) is 0.915. The van der Waals surface area contributed by atoms with Crippen molar-refractivity contribution in [1.29, 1.82) is 0 Å². The highest BCUT2D eigenvalue weighted by Crippen LogP contribution is 2.31. The van der Waals surface area contributed by atoms with E-state index in [0.29, 0.717) is 23.7 Å². The molecule has 0 spiro atoms. The maximum Gasteiger partial charge on any atom is 0.165 e. The third-order valence-corrected chi connectivity index (χ3v) is 3.05. The highest BCUT2D eigenvalue weighted by atomic mass is 35.5. The van der Waals surface area contributed by atoms with Crippen molar-refractivity contribution in [3.8, 4) is 11.5 Å². The summed E-state index contributed by atoms with van der Waals surface area (Å²) in [6.45, 7) is 2.41. The first-order valence-corrected chi connectivity index (χ1v) is 6.40. The maximum atomic E-state index is 13.9. The van der Waals surface area contributed by atoms with E-state index in [0.717, 1.165) is 11.1 Å². The molecule has 0 aliphatic carbocycles. The molecule has 0 saturated carbocycles. The molecule has 0 radical (unpaired) electrons. The van der Waals surface area contributed by atoms with Gasteiger partial charge in [0.1, 0.15) is 5.75 Å². The Morgan fingerprint density at radius 3 is 2.63 bits per heavy atom. The van der Waals surface area contributed by atoms with Gasteiger partial charge in [-0.1, -0.05) is 23.7 Å². The summed E-state index contributed by atoms with van der Waals surface area (Å²) in [4.78, 5) is 0. The summed E-state index contributed by atoms with van der Waals surface area (Å²) in [5.74, 6) is 0.198. The second-order valence-electron chi connectivity index (χ2n) is 4.34. The van der Waals surface area contributed by atoms with Gasteiger partial charge < -0.3 is 10.5 Å². The predicted molar refractivity (Wildman–Crippen MR) is 75.4 cm³/mol. The van der Waals surface area contributed by atoms with E-state index in [4.69, 9.17) is 22.1 Å². The normalized spacial score (nSPS) is 10.5. The summed E-state index contributed by atoms with van der Waals surface area (Å²) in [7, 11) is 0. The predicted octanol–water partition coefficient (Wildman–Crippen LogP) is 4.08. The summed E-state index contributed by atoms with van der Waals surface area (Å²) >= 11 is 6.02. The molecule has 0 heterocycles. The van der Waals surface area contributed by atoms with Gasteiger partial charge in [-0.25, -0.2) is 4.39 Å². The highest BCUT2D eigenvalue weighted by Gasteiger charge is 2.08. The van der Waals surface area contributed by atoms with Crippen LogP contribution in [0.3, 0.4) is 0 Å². The fraction of sp³-hybridized carbons (Fsp3) is 0.200. The molecule has 0 fully saturated rings. The fourth-order valence-corrected chi connectivity index (χ4v) is 1.91. The Kier molecular flexibility index (Phi) is 4.40. The molecule has 0 aromatic heterocycles. The second kappa shape index (κ2) is 6.04. The average molecular weight is 280 g/mol. The van der Waals surface area contributed by atoms with E-state index in [1.54, 1.807) is 24.3 Å². The largest absolute Gasteiger partial charge is 0.453 e. The van der Waals surface area contributed by atoms with Crippen LogP contribution in [0.15, 0.2) is 36.4 Å². The standard InChI is InChI=1S/C15H15ClFNO/c1-10-2-4-12(16)15(8-10)19-14-5-3-11(6-7-18)9-13(14)17/h2-5,8-9H,6-7,18H2,1H3. The zero-order chi connectivity index (χ0) is 13.8. The maximum absolute atomic E-state index is 13.9. The third kappa shape index (κ3) is 3.46. The van der Waals surface area contributed by atoms with Crippen LogP contribution in [0.2, 0.25) is 5.02 Å². The van der Waals surface area contributed by atoms with E-state index in [2.05, 4.69) is 0 Å². The molecule has 2 rings (SSSR count). The Bertz CT molecular complexity index is 586. The lowest BCUT2D eigenvalue weighted by Gasteiger charge is -2.10. The number of hydrogen-bond acceptors (Lipinski definition) is 2. The zero-order valence-electron chi connectivity index (χ0n) is 10.6. The van der Waals surface area contributed by atoms with Gasteiger partial charge in [-0.2, -0.15) is 0 Å². The first kappa shape index (κ1) is 13.8. The van der Waals surface area contributed by atoms with Gasteiger partial charge >= 0.3 is 0 Å². The van der Waals surface area contributed by atoms with Crippen molar-refractivity contribution in [2.24, 2.45) is 5.73 Å². The first-order chi connectivity index (χ1) is 9.10. The molecule has 2 aromatic rings. The number of rotatable bonds is 4. The average Bonchev–Trinajstić information content (AvgIpc) is 2.37. The van der Waals surface area contributed by atoms with Gasteiger partial charge in [-0.05, 0) is 55.3 Å². The Morgan fingerprint density at radius 2 is 1.95 bits per heavy atom. The van der Waals surface area contributed by atoms with Crippen molar-refractivity contribution in [3.05, 3.63) is 58.4 Å². The summed E-state index contributed by atoms with van der Waals surface area (Å²) in [6, 6.07) is 10.2. The minimum atomic E-state index is -0.413. The van der Waals surface area contributed by atoms with Crippen LogP contribution in [-0.4, -0.2) is 6.54 Å². The van der Waals surface area contributed by atoms with Crippen molar-refractivity contribution in [1.82, 2.24) is 0 Å². The SMILES string of the molecule is Cc1ccc(Cl)c(Oc2ccc(CCN)cc2F)c1. The molecule has 0 aliphatic heterocycles. The molecule has 0 unspecified atom stereocenters. The number of nitrogens with two attached hydrogens (primary N) is 1. The zero-order valence-corrected chi connectivity index (χ0v) is 11.4. The van der Waals surface area contributed by atoms with Gasteiger partial charge in [0.05, 0.1) is 5.02 Å². The second-order valence-corrected chi connectivity index (χ2v) is 4.75. The van der Waals surface area contributed by atoms with E-state index >= 15 is 0 Å². The number of aryl methyl sites for hydroxylation is 1. The van der Waals surface area contributed by atoms with E-state index in [1.165, 1.54) is 6.07 Å². The Morgan fingerprint density at radius 1 is 1.16 bits per heavy atom. The van der Waals surface area contributed by atoms with Gasteiger partial charge in [0, 0.05) is 0 Å². The lowest BCUT2D eigenvalue weighted by molar-refractivity contribution is 0.441. The summed E-state index contributed by atoms with van der Waals surface area (Å²) in [5, 5.41) is 0.455. The van der Waals surface area contributed by atoms with E-state index < -0.39 is 5.82 Å². The van der Waals surface area contributed by atoms with Crippen LogP contribution in [0.4, 0.5) is 4.39 Å². The van der Waals surface area contributed by atoms with Crippen LogP contribution in [0.1, 0.15) is 11.1 Å². The number of hydrogen-bond donors (Lipinski definition) is 1. The monoisotopic (exact) mass is 279 g/mol. The summed E-state index contributed by atoms with van der Waals surface area (Å²) in [5.41, 5.74) is 7.29. The molecule has 4 heteroatoms. The van der Waals surface area contributed by atoms with E-state index in [1.807, 2.05) is 13.0 Å². The minimum Gasteiger partial charge on any atom is -0.453 e. The molecule has 0 saturated heterocycles. The molecule has 2 aromatic carbocycles. The third-order valence-electron chi connectivity index (χ3n) is 2.74. The van der Waals surface area contributed by atoms with Gasteiger partial charge in [-0.15, -0.1) is 0 Å². The van der Waals surface area contributed by atoms with Crippen LogP contribution in [0.25, 0.3) is 0 Å². The fourth-order valence-electron chi connectivity index (χ4n) is 1.76. The molecular formula is C15H15ClFNO. The number of benzene rings is 2. The number of halogens is 2. The molecule has 0 atom stereocenters. The van der Waals surface area contributed by atoms with E-state index in [-0.39, 0.29) is 5.75 Å². The van der Waals surface area contributed by atoms with Crippen LogP contribution in [-0.2, 0) is 6.42 Å². The van der Waals surface area contributed by atoms with Crippen LogP contribution in [0, 0.1) is 12.7 Å². The molecule has 2 nitrogen and oxygen atoms in total. The van der Waals surface area contributed by atoms with Crippen molar-refractivity contribution in [2.75, 3.05) is 6.54 Å². The smallest absolute Gasteiger partial charge is 0.165 e. The summed E-state index contributed by atoms with van der Waals surface area (Å²) in [6.07, 6.45) is 0.641. The summed E-state index contributed by atoms with van der Waals surface area (Å²) < 4.78 is 19.4. The Balaban J connectivity index is 2.25. The molecule has 19 heavy (non-hydrogen) atoms. The van der Waals surface area contributed by atoms with Crippen LogP contribution < -0.4 is 10.5 Å². The lowest BCUT2D eigenvalue weighted by Crippen LogP contribution is -2.03. The number of ether oxygens (including phenoxy) is 1. The molecular weight excluding hydrogens is 265 g/mol. The molecule has 0 aliphatic rings. The van der Waals surface area contributed by atoms with Gasteiger partial charge in [-0.3, -0.25) is 0 Å². The van der Waals surface area contributed by atoms with Crippen molar-refractivity contribution < 1.29 is 9.13 Å². The molecule has 2 N–H and O–H groups in total. The van der Waals surface area contributed by atoms with Crippen molar-refractivity contribution in [3.63, 3.8) is 0 Å². The Labute approximate surface area is 117 Å². The van der Waals surface area contributed by atoms with Crippen molar-refractivity contribution >= 4 is 11.6 Å². The topological polar surface area (TPSA) is 35.2 Å². The highest BCUT2D eigenvalue weighted by molar-refractivity contribution is 6.32. The van der Waals surface area contributed by atoms with Gasteiger partial charge in [0.25, 0.3) is 0 Å². The van der Waals surface area contributed by atoms with Crippen molar-refractivity contribution in [2.45, 2.75) is 13.3 Å². The van der Waals surface area contributed by atoms with Crippen LogP contribution in [0.5, 0.6) is 11.5 Å². The van der Waals surface area contributed by atoms with E-state index in [9.17, 15) is 4.39 Å².